The molecule has 1 N–H and O–H groups in total. The second-order valence-electron chi connectivity index (χ2n) is 5.29. The first kappa shape index (κ1) is 14.8. The Morgan fingerprint density at radius 2 is 2.11 bits per heavy atom. The highest BCUT2D eigenvalue weighted by Gasteiger charge is 2.31. The van der Waals surface area contributed by atoms with Gasteiger partial charge in [-0.1, -0.05) is 29.8 Å². The van der Waals surface area contributed by atoms with Crippen molar-refractivity contribution in [3.05, 3.63) is 28.5 Å². The SMILES string of the molecule is CCC1(CC)CN(c2ccc(Br)cc2F)CCCN1. The minimum absolute atomic E-state index is 0.107. The summed E-state index contributed by atoms with van der Waals surface area (Å²) in [5.41, 5.74) is 0.828. The number of benzene rings is 1. The van der Waals surface area contributed by atoms with E-state index in [1.165, 1.54) is 0 Å². The number of nitrogens with zero attached hydrogens (tertiary/aromatic N) is 1. The number of halogens is 2. The van der Waals surface area contributed by atoms with Gasteiger partial charge in [-0.2, -0.15) is 0 Å². The lowest BCUT2D eigenvalue weighted by atomic mass is 9.92. The Morgan fingerprint density at radius 1 is 1.37 bits per heavy atom. The van der Waals surface area contributed by atoms with Gasteiger partial charge in [-0.05, 0) is 44.0 Å². The minimum atomic E-state index is -0.141. The molecule has 1 aromatic carbocycles. The maximum Gasteiger partial charge on any atom is 0.147 e. The summed E-state index contributed by atoms with van der Waals surface area (Å²) in [5, 5.41) is 3.65. The van der Waals surface area contributed by atoms with E-state index in [1.54, 1.807) is 6.07 Å². The summed E-state index contributed by atoms with van der Waals surface area (Å²) in [5.74, 6) is -0.141. The Morgan fingerprint density at radius 3 is 2.74 bits per heavy atom. The van der Waals surface area contributed by atoms with Crippen molar-refractivity contribution in [1.82, 2.24) is 5.32 Å². The number of rotatable bonds is 3. The molecule has 1 aliphatic heterocycles. The highest BCUT2D eigenvalue weighted by molar-refractivity contribution is 9.10. The standard InChI is InChI=1S/C15H22BrFN2/c1-3-15(4-2)11-19(9-5-8-18-15)14-7-6-12(16)10-13(14)17/h6-7,10,18H,3-5,8-9,11H2,1-2H3. The van der Waals surface area contributed by atoms with Crippen LogP contribution in [0.3, 0.4) is 0 Å². The molecule has 0 unspecified atom stereocenters. The van der Waals surface area contributed by atoms with Crippen molar-refractivity contribution in [3.8, 4) is 0 Å². The number of hydrogen-bond donors (Lipinski definition) is 1. The van der Waals surface area contributed by atoms with Crippen molar-refractivity contribution in [3.63, 3.8) is 0 Å². The van der Waals surface area contributed by atoms with Gasteiger partial charge in [-0.25, -0.2) is 4.39 Å². The van der Waals surface area contributed by atoms with Crippen LogP contribution in [0.5, 0.6) is 0 Å². The molecule has 0 bridgehead atoms. The van der Waals surface area contributed by atoms with Crippen LogP contribution >= 0.6 is 15.9 Å². The van der Waals surface area contributed by atoms with Crippen molar-refractivity contribution in [2.45, 2.75) is 38.6 Å². The van der Waals surface area contributed by atoms with Gasteiger partial charge >= 0.3 is 0 Å². The molecule has 1 heterocycles. The molecule has 1 fully saturated rings. The average Bonchev–Trinajstić information content (AvgIpc) is 2.62. The zero-order valence-corrected chi connectivity index (χ0v) is 13.3. The van der Waals surface area contributed by atoms with Gasteiger partial charge in [0.25, 0.3) is 0 Å². The van der Waals surface area contributed by atoms with Crippen LogP contribution in [0.15, 0.2) is 22.7 Å². The summed E-state index contributed by atoms with van der Waals surface area (Å²) >= 11 is 3.31. The fourth-order valence-electron chi connectivity index (χ4n) is 2.79. The topological polar surface area (TPSA) is 15.3 Å². The van der Waals surface area contributed by atoms with E-state index in [0.717, 1.165) is 49.1 Å². The van der Waals surface area contributed by atoms with E-state index in [9.17, 15) is 4.39 Å². The molecule has 1 saturated heterocycles. The molecule has 0 saturated carbocycles. The van der Waals surface area contributed by atoms with Crippen LogP contribution < -0.4 is 10.2 Å². The van der Waals surface area contributed by atoms with E-state index < -0.39 is 0 Å². The molecule has 0 aliphatic carbocycles. The minimum Gasteiger partial charge on any atom is -0.367 e. The first-order valence-electron chi connectivity index (χ1n) is 7.05. The number of nitrogens with one attached hydrogen (secondary N) is 1. The maximum absolute atomic E-state index is 14.1. The lowest BCUT2D eigenvalue weighted by Gasteiger charge is -2.36. The summed E-state index contributed by atoms with van der Waals surface area (Å²) in [7, 11) is 0. The van der Waals surface area contributed by atoms with E-state index >= 15 is 0 Å². The Labute approximate surface area is 123 Å². The average molecular weight is 329 g/mol. The Balaban J connectivity index is 2.27. The Bertz CT molecular complexity index is 432. The van der Waals surface area contributed by atoms with Crippen molar-refractivity contribution in [2.24, 2.45) is 0 Å². The molecule has 0 aromatic heterocycles. The fraction of sp³-hybridized carbons (Fsp3) is 0.600. The molecule has 0 atom stereocenters. The summed E-state index contributed by atoms with van der Waals surface area (Å²) in [6.07, 6.45) is 3.19. The van der Waals surface area contributed by atoms with E-state index in [1.807, 2.05) is 12.1 Å². The second-order valence-corrected chi connectivity index (χ2v) is 6.20. The van der Waals surface area contributed by atoms with Crippen LogP contribution in [0.1, 0.15) is 33.1 Å². The van der Waals surface area contributed by atoms with E-state index in [-0.39, 0.29) is 11.4 Å². The van der Waals surface area contributed by atoms with Crippen molar-refractivity contribution in [1.29, 1.82) is 0 Å². The molecular formula is C15H22BrFN2. The summed E-state index contributed by atoms with van der Waals surface area (Å²) in [6.45, 7) is 7.21. The monoisotopic (exact) mass is 328 g/mol. The largest absolute Gasteiger partial charge is 0.367 e. The van der Waals surface area contributed by atoms with E-state index in [0.29, 0.717) is 0 Å². The quantitative estimate of drug-likeness (QED) is 0.903. The third-order valence-electron chi connectivity index (χ3n) is 4.20. The van der Waals surface area contributed by atoms with Gasteiger partial charge in [0.05, 0.1) is 5.69 Å². The van der Waals surface area contributed by atoms with E-state index in [2.05, 4.69) is 40.0 Å². The molecule has 1 aliphatic rings. The van der Waals surface area contributed by atoms with Gasteiger partial charge in [0.15, 0.2) is 0 Å². The summed E-state index contributed by atoms with van der Waals surface area (Å²) < 4.78 is 14.9. The smallest absolute Gasteiger partial charge is 0.147 e. The second kappa shape index (κ2) is 6.23. The zero-order chi connectivity index (χ0) is 13.9. The Kier molecular flexibility index (Phi) is 4.85. The highest BCUT2D eigenvalue weighted by Crippen LogP contribution is 2.28. The summed E-state index contributed by atoms with van der Waals surface area (Å²) in [4.78, 5) is 2.19. The van der Waals surface area contributed by atoms with Gasteiger partial charge < -0.3 is 10.2 Å². The molecule has 4 heteroatoms. The molecule has 106 valence electrons. The molecule has 2 nitrogen and oxygen atoms in total. The lowest BCUT2D eigenvalue weighted by Crippen LogP contribution is -2.50. The van der Waals surface area contributed by atoms with Crippen molar-refractivity contribution < 1.29 is 4.39 Å². The fourth-order valence-corrected chi connectivity index (χ4v) is 3.12. The first-order valence-corrected chi connectivity index (χ1v) is 7.84. The first-order chi connectivity index (χ1) is 9.10. The molecule has 0 amide bonds. The molecule has 19 heavy (non-hydrogen) atoms. The molecular weight excluding hydrogens is 307 g/mol. The van der Waals surface area contributed by atoms with Crippen molar-refractivity contribution >= 4 is 21.6 Å². The van der Waals surface area contributed by atoms with Gasteiger partial charge in [0.1, 0.15) is 5.82 Å². The van der Waals surface area contributed by atoms with Crippen LogP contribution in [0.2, 0.25) is 0 Å². The van der Waals surface area contributed by atoms with Gasteiger partial charge in [0.2, 0.25) is 0 Å². The highest BCUT2D eigenvalue weighted by atomic mass is 79.9. The van der Waals surface area contributed by atoms with Gasteiger partial charge in [-0.15, -0.1) is 0 Å². The van der Waals surface area contributed by atoms with Crippen LogP contribution in [0, 0.1) is 5.82 Å². The molecule has 2 rings (SSSR count). The molecule has 0 spiro atoms. The third-order valence-corrected chi connectivity index (χ3v) is 4.70. The van der Waals surface area contributed by atoms with E-state index in [4.69, 9.17) is 0 Å². The van der Waals surface area contributed by atoms with Gasteiger partial charge in [-0.3, -0.25) is 0 Å². The molecule has 0 radical (unpaired) electrons. The van der Waals surface area contributed by atoms with Crippen LogP contribution in [0.25, 0.3) is 0 Å². The molecule has 1 aromatic rings. The van der Waals surface area contributed by atoms with Crippen LogP contribution in [-0.2, 0) is 0 Å². The predicted octanol–water partition coefficient (Wildman–Crippen LogP) is 3.95. The lowest BCUT2D eigenvalue weighted by molar-refractivity contribution is 0.321. The van der Waals surface area contributed by atoms with Crippen LogP contribution in [0.4, 0.5) is 10.1 Å². The van der Waals surface area contributed by atoms with Gasteiger partial charge in [0, 0.05) is 23.1 Å². The normalized spacial score (nSPS) is 19.3. The summed E-state index contributed by atoms with van der Waals surface area (Å²) in [6, 6.07) is 5.34. The number of anilines is 1. The van der Waals surface area contributed by atoms with Crippen molar-refractivity contribution in [2.75, 3.05) is 24.5 Å². The Hall–Kier alpha value is -0.610. The number of hydrogen-bond acceptors (Lipinski definition) is 2. The third kappa shape index (κ3) is 3.29. The predicted molar refractivity (Wildman–Crippen MR) is 82.2 cm³/mol. The zero-order valence-electron chi connectivity index (χ0n) is 11.7. The maximum atomic E-state index is 14.1. The van der Waals surface area contributed by atoms with Crippen LogP contribution in [-0.4, -0.2) is 25.2 Å².